The van der Waals surface area contributed by atoms with E-state index in [4.69, 9.17) is 4.42 Å². The number of hydrogen-bond acceptors (Lipinski definition) is 5. The van der Waals surface area contributed by atoms with Crippen LogP contribution < -0.4 is 5.32 Å². The minimum absolute atomic E-state index is 0.132. The molecule has 0 fully saturated rings. The maximum Gasteiger partial charge on any atom is 0.249 e. The maximum atomic E-state index is 5.79. The summed E-state index contributed by atoms with van der Waals surface area (Å²) in [5.74, 6) is 0.980. The third-order valence-corrected chi connectivity index (χ3v) is 3.49. The van der Waals surface area contributed by atoms with E-state index in [2.05, 4.69) is 36.4 Å². The quantitative estimate of drug-likeness (QED) is 0.787. The van der Waals surface area contributed by atoms with E-state index in [1.54, 1.807) is 12.4 Å². The molecule has 0 saturated heterocycles. The largest absolute Gasteiger partial charge is 0.419 e. The third kappa shape index (κ3) is 3.01. The first-order valence-electron chi connectivity index (χ1n) is 6.44. The Morgan fingerprint density at radius 1 is 1.14 bits per heavy atom. The van der Waals surface area contributed by atoms with Crippen LogP contribution in [0.5, 0.6) is 0 Å². The third-order valence-electron chi connectivity index (χ3n) is 3.06. The van der Waals surface area contributed by atoms with Gasteiger partial charge in [0, 0.05) is 16.9 Å². The van der Waals surface area contributed by atoms with Gasteiger partial charge in [-0.3, -0.25) is 4.98 Å². The van der Waals surface area contributed by atoms with Gasteiger partial charge in [-0.25, -0.2) is 0 Å². The van der Waals surface area contributed by atoms with Gasteiger partial charge in [0.15, 0.2) is 0 Å². The summed E-state index contributed by atoms with van der Waals surface area (Å²) in [6.07, 6.45) is 3.40. The lowest BCUT2D eigenvalue weighted by molar-refractivity contribution is 0.456. The monoisotopic (exact) mass is 344 g/mol. The Morgan fingerprint density at radius 3 is 2.67 bits per heavy atom. The molecule has 1 aromatic carbocycles. The van der Waals surface area contributed by atoms with Crippen molar-refractivity contribution in [3.63, 3.8) is 0 Å². The van der Waals surface area contributed by atoms with Crippen molar-refractivity contribution in [1.29, 1.82) is 0 Å². The average Bonchev–Trinajstić information content (AvgIpc) is 2.99. The Kier molecular flexibility index (Phi) is 4.08. The highest BCUT2D eigenvalue weighted by Crippen LogP contribution is 2.25. The summed E-state index contributed by atoms with van der Waals surface area (Å²) in [5.41, 5.74) is 1.86. The first kappa shape index (κ1) is 13.9. The molecule has 2 heterocycles. The second kappa shape index (κ2) is 6.15. The fourth-order valence-electron chi connectivity index (χ4n) is 2.07. The SMILES string of the molecule is CNC(c1ccccc1)c1nnc(-c2cncc(Br)c2)o1. The lowest BCUT2D eigenvalue weighted by atomic mass is 10.1. The molecule has 21 heavy (non-hydrogen) atoms. The second-order valence-corrected chi connectivity index (χ2v) is 5.39. The molecule has 0 aliphatic heterocycles. The predicted molar refractivity (Wildman–Crippen MR) is 82.6 cm³/mol. The van der Waals surface area contributed by atoms with E-state index in [-0.39, 0.29) is 6.04 Å². The van der Waals surface area contributed by atoms with Crippen molar-refractivity contribution in [3.8, 4) is 11.5 Å². The molecule has 0 spiro atoms. The van der Waals surface area contributed by atoms with Crippen LogP contribution in [0.1, 0.15) is 17.5 Å². The molecule has 1 unspecified atom stereocenters. The summed E-state index contributed by atoms with van der Waals surface area (Å²) >= 11 is 3.38. The molecule has 1 N–H and O–H groups in total. The number of halogens is 1. The highest BCUT2D eigenvalue weighted by molar-refractivity contribution is 9.10. The van der Waals surface area contributed by atoms with Crippen LogP contribution in [0.4, 0.5) is 0 Å². The zero-order chi connectivity index (χ0) is 14.7. The summed E-state index contributed by atoms with van der Waals surface area (Å²) in [7, 11) is 1.86. The van der Waals surface area contributed by atoms with Crippen LogP contribution in [-0.2, 0) is 0 Å². The van der Waals surface area contributed by atoms with Gasteiger partial charge in [-0.1, -0.05) is 30.3 Å². The van der Waals surface area contributed by atoms with Crippen molar-refractivity contribution in [1.82, 2.24) is 20.5 Å². The Morgan fingerprint density at radius 2 is 1.95 bits per heavy atom. The smallest absolute Gasteiger partial charge is 0.249 e. The fourth-order valence-corrected chi connectivity index (χ4v) is 2.44. The van der Waals surface area contributed by atoms with Crippen LogP contribution in [0.3, 0.4) is 0 Å². The molecule has 0 radical (unpaired) electrons. The molecule has 5 nitrogen and oxygen atoms in total. The lowest BCUT2D eigenvalue weighted by Gasteiger charge is -2.11. The normalized spacial score (nSPS) is 12.3. The maximum absolute atomic E-state index is 5.79. The molecule has 0 aliphatic carbocycles. The van der Waals surface area contributed by atoms with Gasteiger partial charge in [0.25, 0.3) is 0 Å². The first-order valence-corrected chi connectivity index (χ1v) is 7.24. The van der Waals surface area contributed by atoms with E-state index in [0.717, 1.165) is 15.6 Å². The van der Waals surface area contributed by atoms with Gasteiger partial charge in [0.2, 0.25) is 11.8 Å². The molecular formula is C15H13BrN4O. The predicted octanol–water partition coefficient (Wildman–Crippen LogP) is 3.20. The second-order valence-electron chi connectivity index (χ2n) is 4.47. The van der Waals surface area contributed by atoms with Gasteiger partial charge >= 0.3 is 0 Å². The minimum atomic E-state index is -0.132. The Hall–Kier alpha value is -2.05. The fraction of sp³-hybridized carbons (Fsp3) is 0.133. The highest BCUT2D eigenvalue weighted by atomic mass is 79.9. The molecule has 6 heteroatoms. The lowest BCUT2D eigenvalue weighted by Crippen LogP contribution is -2.17. The van der Waals surface area contributed by atoms with Crippen LogP contribution in [0.15, 0.2) is 57.7 Å². The zero-order valence-electron chi connectivity index (χ0n) is 11.3. The van der Waals surface area contributed by atoms with Crippen LogP contribution in [0, 0.1) is 0 Å². The number of benzene rings is 1. The summed E-state index contributed by atoms with van der Waals surface area (Å²) in [6.45, 7) is 0. The van der Waals surface area contributed by atoms with E-state index in [0.29, 0.717) is 11.8 Å². The van der Waals surface area contributed by atoms with E-state index in [9.17, 15) is 0 Å². The molecular weight excluding hydrogens is 332 g/mol. The van der Waals surface area contributed by atoms with Crippen LogP contribution >= 0.6 is 15.9 Å². The van der Waals surface area contributed by atoms with Gasteiger partial charge < -0.3 is 9.73 Å². The standard InChI is InChI=1S/C15H13BrN4O/c1-17-13(10-5-3-2-4-6-10)15-20-19-14(21-15)11-7-12(16)9-18-8-11/h2-9,13,17H,1H3. The number of rotatable bonds is 4. The van der Waals surface area contributed by atoms with E-state index in [1.807, 2.05) is 43.4 Å². The van der Waals surface area contributed by atoms with Crippen LogP contribution in [0.25, 0.3) is 11.5 Å². The van der Waals surface area contributed by atoms with Crippen molar-refractivity contribution in [2.75, 3.05) is 7.05 Å². The van der Waals surface area contributed by atoms with E-state index in [1.165, 1.54) is 0 Å². The van der Waals surface area contributed by atoms with Crippen molar-refractivity contribution < 1.29 is 4.42 Å². The topological polar surface area (TPSA) is 63.8 Å². The first-order chi connectivity index (χ1) is 10.3. The van der Waals surface area contributed by atoms with Gasteiger partial charge in [-0.05, 0) is 34.6 Å². The van der Waals surface area contributed by atoms with Crippen LogP contribution in [-0.4, -0.2) is 22.2 Å². The number of nitrogens with one attached hydrogen (secondary N) is 1. The molecule has 1 atom stereocenters. The average molecular weight is 345 g/mol. The van der Waals surface area contributed by atoms with Crippen molar-refractivity contribution in [2.45, 2.75) is 6.04 Å². The van der Waals surface area contributed by atoms with E-state index >= 15 is 0 Å². The zero-order valence-corrected chi connectivity index (χ0v) is 12.9. The number of nitrogens with zero attached hydrogens (tertiary/aromatic N) is 3. The summed E-state index contributed by atoms with van der Waals surface area (Å²) in [6, 6.07) is 11.7. The number of aromatic nitrogens is 3. The molecule has 0 bridgehead atoms. The minimum Gasteiger partial charge on any atom is -0.419 e. The van der Waals surface area contributed by atoms with Crippen molar-refractivity contribution in [2.24, 2.45) is 0 Å². The summed E-state index contributed by atoms with van der Waals surface area (Å²) in [4.78, 5) is 4.10. The molecule has 3 rings (SSSR count). The van der Waals surface area contributed by atoms with E-state index < -0.39 is 0 Å². The highest BCUT2D eigenvalue weighted by Gasteiger charge is 2.19. The molecule has 0 amide bonds. The van der Waals surface area contributed by atoms with Gasteiger partial charge in [0.1, 0.15) is 6.04 Å². The van der Waals surface area contributed by atoms with Gasteiger partial charge in [-0.15, -0.1) is 10.2 Å². The molecule has 0 saturated carbocycles. The van der Waals surface area contributed by atoms with Gasteiger partial charge in [-0.2, -0.15) is 0 Å². The number of hydrogen-bond donors (Lipinski definition) is 1. The Labute approximate surface area is 130 Å². The molecule has 0 aliphatic rings. The van der Waals surface area contributed by atoms with Crippen molar-refractivity contribution >= 4 is 15.9 Å². The molecule has 3 aromatic rings. The summed E-state index contributed by atoms with van der Waals surface area (Å²) in [5, 5.41) is 11.4. The van der Waals surface area contributed by atoms with Crippen molar-refractivity contribution in [3.05, 3.63) is 64.7 Å². The van der Waals surface area contributed by atoms with Gasteiger partial charge in [0.05, 0.1) is 5.56 Å². The Bertz CT molecular complexity index is 729. The Balaban J connectivity index is 1.94. The number of pyridine rings is 1. The molecule has 2 aromatic heterocycles. The molecule has 106 valence electrons. The van der Waals surface area contributed by atoms with Crippen LogP contribution in [0.2, 0.25) is 0 Å². The summed E-state index contributed by atoms with van der Waals surface area (Å²) < 4.78 is 6.66.